The Balaban J connectivity index is 2.14. The fourth-order valence-corrected chi connectivity index (χ4v) is 2.82. The molecule has 1 atom stereocenters. The second-order valence-electron chi connectivity index (χ2n) is 3.89. The van der Waals surface area contributed by atoms with Gasteiger partial charge >= 0.3 is 0 Å². The minimum Gasteiger partial charge on any atom is -0.388 e. The first-order chi connectivity index (χ1) is 8.70. The first kappa shape index (κ1) is 13.6. The number of pyridine rings is 1. The average Bonchev–Trinajstić information content (AvgIpc) is 2.41. The number of benzene rings is 1. The number of aromatic nitrogens is 1. The second-order valence-corrected chi connectivity index (χ2v) is 5.80. The van der Waals surface area contributed by atoms with Crippen molar-refractivity contribution >= 4 is 27.7 Å². The van der Waals surface area contributed by atoms with Gasteiger partial charge in [0.05, 0.1) is 10.6 Å². The predicted molar refractivity (Wildman–Crippen MR) is 77.8 cm³/mol. The van der Waals surface area contributed by atoms with E-state index in [4.69, 9.17) is 0 Å². The van der Waals surface area contributed by atoms with E-state index in [2.05, 4.69) is 20.9 Å². The summed E-state index contributed by atoms with van der Waals surface area (Å²) in [6.07, 6.45) is 2.14. The summed E-state index contributed by atoms with van der Waals surface area (Å²) in [4.78, 5) is 5.43. The zero-order chi connectivity index (χ0) is 13.0. The monoisotopic (exact) mass is 323 g/mol. The Kier molecular flexibility index (Phi) is 4.80. The summed E-state index contributed by atoms with van der Waals surface area (Å²) < 4.78 is 0.993. The van der Waals surface area contributed by atoms with Gasteiger partial charge in [-0.1, -0.05) is 30.8 Å². The third-order valence-electron chi connectivity index (χ3n) is 2.59. The molecule has 0 aliphatic carbocycles. The van der Waals surface area contributed by atoms with Crippen LogP contribution in [0.25, 0.3) is 0 Å². The predicted octanol–water partition coefficient (Wildman–Crippen LogP) is 4.44. The van der Waals surface area contributed by atoms with Crippen LogP contribution < -0.4 is 0 Å². The van der Waals surface area contributed by atoms with Crippen LogP contribution in [0.3, 0.4) is 0 Å². The molecule has 2 nitrogen and oxygen atoms in total. The van der Waals surface area contributed by atoms with Crippen molar-refractivity contribution in [2.75, 3.05) is 0 Å². The topological polar surface area (TPSA) is 33.1 Å². The van der Waals surface area contributed by atoms with Crippen LogP contribution in [0, 0.1) is 0 Å². The largest absolute Gasteiger partial charge is 0.388 e. The standard InChI is InChI=1S/C14H14BrNOS/c1-2-13(17)10-5-7-11(8-6-10)18-14-12(15)4-3-9-16-14/h3-9,13,17H,2H2,1H3/t13-/m1/s1. The fourth-order valence-electron chi connectivity index (χ4n) is 1.55. The zero-order valence-corrected chi connectivity index (χ0v) is 12.4. The lowest BCUT2D eigenvalue weighted by Gasteiger charge is -2.09. The van der Waals surface area contributed by atoms with Gasteiger partial charge in [0, 0.05) is 11.1 Å². The van der Waals surface area contributed by atoms with Gasteiger partial charge in [-0.3, -0.25) is 0 Å². The summed E-state index contributed by atoms with van der Waals surface area (Å²) in [5, 5.41) is 10.7. The molecule has 0 saturated heterocycles. The van der Waals surface area contributed by atoms with E-state index >= 15 is 0 Å². The van der Waals surface area contributed by atoms with Crippen molar-refractivity contribution < 1.29 is 5.11 Å². The molecule has 0 radical (unpaired) electrons. The maximum absolute atomic E-state index is 9.73. The lowest BCUT2D eigenvalue weighted by Crippen LogP contribution is -1.94. The van der Waals surface area contributed by atoms with Crippen molar-refractivity contribution in [1.29, 1.82) is 0 Å². The molecule has 0 fully saturated rings. The van der Waals surface area contributed by atoms with Crippen molar-refractivity contribution in [3.05, 3.63) is 52.6 Å². The molecule has 0 unspecified atom stereocenters. The molecule has 0 amide bonds. The van der Waals surface area contributed by atoms with Crippen molar-refractivity contribution in [3.8, 4) is 0 Å². The lowest BCUT2D eigenvalue weighted by atomic mass is 10.1. The van der Waals surface area contributed by atoms with Gasteiger partial charge in [-0.15, -0.1) is 0 Å². The first-order valence-electron chi connectivity index (χ1n) is 5.77. The highest BCUT2D eigenvalue weighted by atomic mass is 79.9. The Morgan fingerprint density at radius 2 is 2.00 bits per heavy atom. The molecule has 0 aliphatic rings. The Hall–Kier alpha value is -0.840. The molecule has 0 saturated carbocycles. The van der Waals surface area contributed by atoms with E-state index in [0.717, 1.165) is 26.4 Å². The molecule has 1 aromatic heterocycles. The minimum atomic E-state index is -0.370. The van der Waals surface area contributed by atoms with Crippen LogP contribution in [0.15, 0.2) is 57.0 Å². The number of hydrogen-bond acceptors (Lipinski definition) is 3. The highest BCUT2D eigenvalue weighted by Gasteiger charge is 2.06. The summed E-state index contributed by atoms with van der Waals surface area (Å²) in [6.45, 7) is 1.97. The van der Waals surface area contributed by atoms with Crippen molar-refractivity contribution in [1.82, 2.24) is 4.98 Å². The van der Waals surface area contributed by atoms with E-state index in [-0.39, 0.29) is 6.10 Å². The normalized spacial score (nSPS) is 12.4. The van der Waals surface area contributed by atoms with Crippen LogP contribution in [0.1, 0.15) is 25.0 Å². The van der Waals surface area contributed by atoms with E-state index in [1.807, 2.05) is 43.3 Å². The van der Waals surface area contributed by atoms with E-state index < -0.39 is 0 Å². The summed E-state index contributed by atoms with van der Waals surface area (Å²) in [5.41, 5.74) is 0.960. The van der Waals surface area contributed by atoms with E-state index in [1.165, 1.54) is 0 Å². The summed E-state index contributed by atoms with van der Waals surface area (Å²) in [5.74, 6) is 0. The Morgan fingerprint density at radius 1 is 1.28 bits per heavy atom. The van der Waals surface area contributed by atoms with Crippen molar-refractivity contribution in [3.63, 3.8) is 0 Å². The molecule has 0 aliphatic heterocycles. The molecule has 2 aromatic rings. The number of halogens is 1. The molecule has 18 heavy (non-hydrogen) atoms. The van der Waals surface area contributed by atoms with Gasteiger partial charge in [-0.25, -0.2) is 4.98 Å². The van der Waals surface area contributed by atoms with Crippen molar-refractivity contribution in [2.45, 2.75) is 29.4 Å². The smallest absolute Gasteiger partial charge is 0.115 e. The number of aliphatic hydroxyl groups is 1. The number of nitrogens with zero attached hydrogens (tertiary/aromatic N) is 1. The minimum absolute atomic E-state index is 0.370. The van der Waals surface area contributed by atoms with Crippen LogP contribution in [0.5, 0.6) is 0 Å². The molecule has 1 heterocycles. The first-order valence-corrected chi connectivity index (χ1v) is 7.38. The molecular weight excluding hydrogens is 310 g/mol. The van der Waals surface area contributed by atoms with Gasteiger partial charge in [-0.2, -0.15) is 0 Å². The van der Waals surface area contributed by atoms with Gasteiger partial charge < -0.3 is 5.11 Å². The third kappa shape index (κ3) is 3.34. The third-order valence-corrected chi connectivity index (χ3v) is 4.52. The Labute approximate surface area is 120 Å². The lowest BCUT2D eigenvalue weighted by molar-refractivity contribution is 0.173. The van der Waals surface area contributed by atoms with Crippen molar-refractivity contribution in [2.24, 2.45) is 0 Å². The Bertz CT molecular complexity index is 515. The van der Waals surface area contributed by atoms with Crippen LogP contribution in [0.2, 0.25) is 0 Å². The zero-order valence-electron chi connectivity index (χ0n) is 10.0. The number of rotatable bonds is 4. The maximum Gasteiger partial charge on any atom is 0.115 e. The van der Waals surface area contributed by atoms with Crippen LogP contribution >= 0.6 is 27.7 Å². The molecule has 0 spiro atoms. The van der Waals surface area contributed by atoms with Crippen LogP contribution in [0.4, 0.5) is 0 Å². The van der Waals surface area contributed by atoms with E-state index in [9.17, 15) is 5.11 Å². The molecule has 0 bridgehead atoms. The van der Waals surface area contributed by atoms with Gasteiger partial charge in [0.2, 0.25) is 0 Å². The molecule has 4 heteroatoms. The van der Waals surface area contributed by atoms with E-state index in [0.29, 0.717) is 0 Å². The van der Waals surface area contributed by atoms with Gasteiger partial charge in [0.1, 0.15) is 5.03 Å². The van der Waals surface area contributed by atoms with Gasteiger partial charge in [0.25, 0.3) is 0 Å². The SMILES string of the molecule is CC[C@@H](O)c1ccc(Sc2ncccc2Br)cc1. The van der Waals surface area contributed by atoms with Gasteiger partial charge in [-0.05, 0) is 52.2 Å². The van der Waals surface area contributed by atoms with Crippen LogP contribution in [-0.4, -0.2) is 10.1 Å². The van der Waals surface area contributed by atoms with Crippen LogP contribution in [-0.2, 0) is 0 Å². The molecule has 2 rings (SSSR count). The number of hydrogen-bond donors (Lipinski definition) is 1. The molecular formula is C14H14BrNOS. The Morgan fingerprint density at radius 3 is 2.61 bits per heavy atom. The second kappa shape index (κ2) is 6.36. The highest BCUT2D eigenvalue weighted by molar-refractivity contribution is 9.10. The maximum atomic E-state index is 9.73. The quantitative estimate of drug-likeness (QED) is 0.903. The molecule has 1 aromatic carbocycles. The molecule has 94 valence electrons. The summed E-state index contributed by atoms with van der Waals surface area (Å²) in [7, 11) is 0. The highest BCUT2D eigenvalue weighted by Crippen LogP contribution is 2.32. The summed E-state index contributed by atoms with van der Waals surface area (Å²) >= 11 is 5.08. The van der Waals surface area contributed by atoms with Gasteiger partial charge in [0.15, 0.2) is 0 Å². The summed E-state index contributed by atoms with van der Waals surface area (Å²) in [6, 6.07) is 11.8. The molecule has 1 N–H and O–H groups in total. The average molecular weight is 324 g/mol. The van der Waals surface area contributed by atoms with E-state index in [1.54, 1.807) is 18.0 Å². The fraction of sp³-hybridized carbons (Fsp3) is 0.214. The number of aliphatic hydroxyl groups excluding tert-OH is 1.